The van der Waals surface area contributed by atoms with Gasteiger partial charge in [0.15, 0.2) is 11.6 Å². The van der Waals surface area contributed by atoms with Crippen molar-refractivity contribution < 1.29 is 18.3 Å². The molecule has 1 fully saturated rings. The van der Waals surface area contributed by atoms with Gasteiger partial charge in [0.05, 0.1) is 0 Å². The van der Waals surface area contributed by atoms with Crippen molar-refractivity contribution in [2.45, 2.75) is 6.54 Å². The smallest absolute Gasteiger partial charge is 0.324 e. The van der Waals surface area contributed by atoms with Gasteiger partial charge in [-0.25, -0.2) is 13.6 Å². The maximum atomic E-state index is 13.3. The first kappa shape index (κ1) is 20.3. The van der Waals surface area contributed by atoms with E-state index >= 15 is 0 Å². The Morgan fingerprint density at radius 2 is 1.79 bits per heavy atom. The third-order valence-electron chi connectivity index (χ3n) is 4.46. The van der Waals surface area contributed by atoms with E-state index in [0.29, 0.717) is 38.5 Å². The number of halogens is 2. The monoisotopic (exact) mass is 404 g/mol. The Morgan fingerprint density at radius 1 is 1.07 bits per heavy atom. The number of nitrogens with two attached hydrogens (primary N) is 2. The van der Waals surface area contributed by atoms with E-state index in [9.17, 15) is 13.6 Å². The van der Waals surface area contributed by atoms with Crippen LogP contribution in [-0.2, 0) is 6.54 Å². The summed E-state index contributed by atoms with van der Waals surface area (Å²) in [6, 6.07) is 10.5. The maximum absolute atomic E-state index is 13.3. The summed E-state index contributed by atoms with van der Waals surface area (Å²) in [7, 11) is 0. The molecule has 0 radical (unpaired) electrons. The van der Waals surface area contributed by atoms with E-state index in [2.05, 4.69) is 15.3 Å². The number of carbonyl (C=O) groups is 1. The molecule has 1 aliphatic heterocycles. The second-order valence-corrected chi connectivity index (χ2v) is 6.53. The summed E-state index contributed by atoms with van der Waals surface area (Å²) in [5.74, 6) is 3.76. The van der Waals surface area contributed by atoms with Crippen LogP contribution in [0.3, 0.4) is 0 Å². The summed E-state index contributed by atoms with van der Waals surface area (Å²) in [5, 5.41) is 5.62. The van der Waals surface area contributed by atoms with Gasteiger partial charge in [-0.3, -0.25) is 10.2 Å². The van der Waals surface area contributed by atoms with Crippen LogP contribution in [0.4, 0.5) is 13.6 Å². The number of piperazine rings is 1. The third kappa shape index (κ3) is 5.55. The molecule has 0 unspecified atom stereocenters. The molecule has 154 valence electrons. The summed E-state index contributed by atoms with van der Waals surface area (Å²) < 4.78 is 32.0. The van der Waals surface area contributed by atoms with Crippen molar-refractivity contribution in [3.63, 3.8) is 0 Å². The highest BCUT2D eigenvalue weighted by Gasteiger charge is 2.21. The van der Waals surface area contributed by atoms with Crippen molar-refractivity contribution in [1.29, 1.82) is 0 Å². The quantitative estimate of drug-likeness (QED) is 0.311. The average Bonchev–Trinajstić information content (AvgIpc) is 2.71. The number of urea groups is 1. The number of rotatable bonds is 4. The zero-order chi connectivity index (χ0) is 20.8. The topological polar surface area (TPSA) is 109 Å². The summed E-state index contributed by atoms with van der Waals surface area (Å²) in [5.41, 5.74) is 6.40. The molecule has 2 amide bonds. The minimum atomic E-state index is -0.958. The fourth-order valence-corrected chi connectivity index (χ4v) is 2.97. The van der Waals surface area contributed by atoms with Gasteiger partial charge in [-0.1, -0.05) is 12.1 Å². The number of guanidine groups is 1. The Morgan fingerprint density at radius 3 is 2.48 bits per heavy atom. The van der Waals surface area contributed by atoms with Gasteiger partial charge in [0.25, 0.3) is 0 Å². The van der Waals surface area contributed by atoms with E-state index in [1.165, 1.54) is 6.07 Å². The fraction of sp³-hybridized carbons (Fsp3) is 0.263. The number of nitrogens with one attached hydrogen (secondary N) is 1. The van der Waals surface area contributed by atoms with Crippen LogP contribution in [0.5, 0.6) is 11.5 Å². The lowest BCUT2D eigenvalue weighted by atomic mass is 10.2. The SMILES string of the molecule is N/N=C(\N)NC(=O)N1CCN(Cc2cccc(Oc3ccc(F)c(F)c3)c2)CC1. The lowest BCUT2D eigenvalue weighted by Crippen LogP contribution is -2.53. The normalized spacial score (nSPS) is 15.2. The Kier molecular flexibility index (Phi) is 6.45. The van der Waals surface area contributed by atoms with Crippen LogP contribution in [0.1, 0.15) is 5.56 Å². The molecule has 0 aliphatic carbocycles. The van der Waals surface area contributed by atoms with E-state index in [1.54, 1.807) is 11.0 Å². The molecule has 2 aromatic carbocycles. The van der Waals surface area contributed by atoms with Gasteiger partial charge < -0.3 is 21.2 Å². The van der Waals surface area contributed by atoms with Gasteiger partial charge in [-0.2, -0.15) is 0 Å². The molecule has 3 rings (SSSR count). The molecule has 10 heteroatoms. The predicted molar refractivity (Wildman–Crippen MR) is 104 cm³/mol. The molecule has 0 atom stereocenters. The summed E-state index contributed by atoms with van der Waals surface area (Å²) in [4.78, 5) is 15.8. The summed E-state index contributed by atoms with van der Waals surface area (Å²) in [6.45, 7) is 3.10. The molecule has 1 saturated heterocycles. The van der Waals surface area contributed by atoms with Crippen LogP contribution < -0.4 is 21.6 Å². The van der Waals surface area contributed by atoms with Crippen LogP contribution in [0, 0.1) is 11.6 Å². The van der Waals surface area contributed by atoms with Gasteiger partial charge in [0.1, 0.15) is 11.5 Å². The van der Waals surface area contributed by atoms with Crippen molar-refractivity contribution in [1.82, 2.24) is 15.1 Å². The maximum Gasteiger partial charge on any atom is 0.324 e. The first-order chi connectivity index (χ1) is 13.9. The van der Waals surface area contributed by atoms with E-state index in [-0.39, 0.29) is 17.7 Å². The van der Waals surface area contributed by atoms with Crippen molar-refractivity contribution in [2.24, 2.45) is 16.7 Å². The van der Waals surface area contributed by atoms with Crippen LogP contribution in [0.25, 0.3) is 0 Å². The number of amides is 2. The van der Waals surface area contributed by atoms with Crippen molar-refractivity contribution >= 4 is 12.0 Å². The predicted octanol–water partition coefficient (Wildman–Crippen LogP) is 1.77. The van der Waals surface area contributed by atoms with E-state index in [4.69, 9.17) is 16.3 Å². The fourth-order valence-electron chi connectivity index (χ4n) is 2.97. The van der Waals surface area contributed by atoms with Gasteiger partial charge in [-0.05, 0) is 29.8 Å². The first-order valence-electron chi connectivity index (χ1n) is 8.98. The molecule has 29 heavy (non-hydrogen) atoms. The Labute approximate surface area is 166 Å². The molecule has 0 aromatic heterocycles. The van der Waals surface area contributed by atoms with Crippen LogP contribution in [0.15, 0.2) is 47.6 Å². The molecular weight excluding hydrogens is 382 g/mol. The van der Waals surface area contributed by atoms with E-state index in [1.807, 2.05) is 18.2 Å². The van der Waals surface area contributed by atoms with Crippen LogP contribution in [-0.4, -0.2) is 48.0 Å². The highest BCUT2D eigenvalue weighted by molar-refractivity contribution is 5.95. The highest BCUT2D eigenvalue weighted by atomic mass is 19.2. The van der Waals surface area contributed by atoms with Crippen molar-refractivity contribution in [3.05, 3.63) is 59.7 Å². The summed E-state index contributed by atoms with van der Waals surface area (Å²) in [6.07, 6.45) is 0. The standard InChI is InChI=1S/C19H22F2N6O2/c20-16-5-4-15(11-17(16)21)29-14-3-1-2-13(10-14)12-26-6-8-27(9-7-26)19(28)24-18(22)25-23/h1-5,10-11H,6-9,12,23H2,(H3,22,24,25,28). The minimum Gasteiger partial charge on any atom is -0.457 e. The number of ether oxygens (including phenoxy) is 1. The third-order valence-corrected chi connectivity index (χ3v) is 4.46. The van der Waals surface area contributed by atoms with Gasteiger partial charge in [0, 0.05) is 38.8 Å². The molecule has 2 aromatic rings. The molecule has 1 heterocycles. The van der Waals surface area contributed by atoms with Crippen LogP contribution in [0.2, 0.25) is 0 Å². The highest BCUT2D eigenvalue weighted by Crippen LogP contribution is 2.24. The van der Waals surface area contributed by atoms with Gasteiger partial charge in [0.2, 0.25) is 5.96 Å². The molecule has 0 saturated carbocycles. The zero-order valence-corrected chi connectivity index (χ0v) is 15.6. The molecule has 0 spiro atoms. The minimum absolute atomic E-state index is 0.129. The largest absolute Gasteiger partial charge is 0.457 e. The Hall–Kier alpha value is -3.40. The van der Waals surface area contributed by atoms with Gasteiger partial charge >= 0.3 is 6.03 Å². The van der Waals surface area contributed by atoms with E-state index in [0.717, 1.165) is 17.7 Å². The molecule has 5 N–H and O–H groups in total. The zero-order valence-electron chi connectivity index (χ0n) is 15.6. The number of hydrogen-bond donors (Lipinski definition) is 3. The Balaban J connectivity index is 1.54. The van der Waals surface area contributed by atoms with Crippen molar-refractivity contribution in [2.75, 3.05) is 26.2 Å². The lowest BCUT2D eigenvalue weighted by molar-refractivity contribution is 0.138. The molecule has 8 nitrogen and oxygen atoms in total. The van der Waals surface area contributed by atoms with E-state index < -0.39 is 11.6 Å². The number of hydrazone groups is 1. The molecule has 0 bridgehead atoms. The first-order valence-corrected chi connectivity index (χ1v) is 8.98. The number of benzene rings is 2. The number of nitrogens with zero attached hydrogens (tertiary/aromatic N) is 3. The lowest BCUT2D eigenvalue weighted by Gasteiger charge is -2.34. The number of carbonyl (C=O) groups excluding carboxylic acids is 1. The number of hydrogen-bond acceptors (Lipinski definition) is 5. The Bertz CT molecular complexity index is 900. The molecular formula is C19H22F2N6O2. The van der Waals surface area contributed by atoms with Gasteiger partial charge in [-0.15, -0.1) is 5.10 Å². The second-order valence-electron chi connectivity index (χ2n) is 6.53. The van der Waals surface area contributed by atoms with Crippen molar-refractivity contribution in [3.8, 4) is 11.5 Å². The average molecular weight is 404 g/mol. The summed E-state index contributed by atoms with van der Waals surface area (Å²) >= 11 is 0. The second kappa shape index (κ2) is 9.20. The molecule has 1 aliphatic rings. The van der Waals surface area contributed by atoms with Crippen LogP contribution >= 0.6 is 0 Å².